The van der Waals surface area contributed by atoms with Crippen LogP contribution in [0.3, 0.4) is 0 Å². The minimum atomic E-state index is 0.664. The van der Waals surface area contributed by atoms with E-state index in [0.717, 1.165) is 6.42 Å². The second-order valence-corrected chi connectivity index (χ2v) is 3.67. The average Bonchev–Trinajstić information content (AvgIpc) is 2.63. The molecule has 1 unspecified atom stereocenters. The highest BCUT2D eigenvalue weighted by Gasteiger charge is 2.14. The van der Waals surface area contributed by atoms with Gasteiger partial charge >= 0.3 is 0 Å². The Hall–Kier alpha value is -1.11. The van der Waals surface area contributed by atoms with Crippen LogP contribution in [-0.2, 0) is 6.42 Å². The van der Waals surface area contributed by atoms with E-state index >= 15 is 0 Å². The van der Waals surface area contributed by atoms with Crippen molar-refractivity contribution in [3.8, 4) is 0 Å². The van der Waals surface area contributed by atoms with Gasteiger partial charge < -0.3 is 0 Å². The lowest BCUT2D eigenvalue weighted by Crippen LogP contribution is -1.96. The molecular weight excluding hydrogens is 158 g/mol. The van der Waals surface area contributed by atoms with E-state index in [-0.39, 0.29) is 0 Å². The maximum atomic E-state index is 4.35. The number of aliphatic imine (C=N–C) groups is 1. The Morgan fingerprint density at radius 3 is 3.08 bits per heavy atom. The largest absolute Gasteiger partial charge is 0.261 e. The second kappa shape index (κ2) is 3.33. The molecule has 0 amide bonds. The number of nitrogens with zero attached hydrogens (tertiary/aromatic N) is 1. The van der Waals surface area contributed by atoms with Gasteiger partial charge in [0.2, 0.25) is 0 Å². The summed E-state index contributed by atoms with van der Waals surface area (Å²) in [4.78, 5) is 4.35. The molecule has 0 aromatic heterocycles. The lowest BCUT2D eigenvalue weighted by Gasteiger charge is -2.13. The third-order valence-corrected chi connectivity index (χ3v) is 2.86. The van der Waals surface area contributed by atoms with E-state index in [1.807, 2.05) is 6.21 Å². The molecule has 1 heteroatoms. The Morgan fingerprint density at radius 1 is 1.46 bits per heavy atom. The highest BCUT2D eigenvalue weighted by Crippen LogP contribution is 2.32. The fraction of sp³-hybridized carbons (Fsp3) is 0.417. The number of rotatable bonds is 2. The Labute approximate surface area is 79.5 Å². The first-order valence-corrected chi connectivity index (χ1v) is 4.97. The predicted molar refractivity (Wildman–Crippen MR) is 57.0 cm³/mol. The van der Waals surface area contributed by atoms with Gasteiger partial charge in [0, 0.05) is 12.6 Å². The molecule has 0 spiro atoms. The summed E-state index contributed by atoms with van der Waals surface area (Å²) in [6.45, 7) is 4.52. The van der Waals surface area contributed by atoms with E-state index in [4.69, 9.17) is 0 Å². The zero-order chi connectivity index (χ0) is 9.26. The smallest absolute Gasteiger partial charge is 0.0664 e. The molecule has 0 saturated carbocycles. The maximum Gasteiger partial charge on any atom is 0.0664 e. The van der Waals surface area contributed by atoms with Crippen molar-refractivity contribution in [1.82, 2.24) is 0 Å². The number of fused-ring (bicyclic) bond motifs is 1. The van der Waals surface area contributed by atoms with Crippen LogP contribution in [0.4, 0.5) is 5.69 Å². The molecule has 0 bridgehead atoms. The first-order chi connectivity index (χ1) is 6.33. The molecule has 1 aromatic rings. The van der Waals surface area contributed by atoms with Gasteiger partial charge in [0.25, 0.3) is 0 Å². The van der Waals surface area contributed by atoms with E-state index < -0.39 is 0 Å². The van der Waals surface area contributed by atoms with Gasteiger partial charge in [-0.15, -0.1) is 0 Å². The SMILES string of the molecule is CCC(C)c1cccc2c1CC=N2. The van der Waals surface area contributed by atoms with Gasteiger partial charge in [-0.05, 0) is 29.5 Å². The molecule has 0 aliphatic carbocycles. The standard InChI is InChI=1S/C12H15N/c1-3-9(2)10-5-4-6-12-11(10)7-8-13-12/h4-6,8-9H,3,7H2,1-2H3. The quantitative estimate of drug-likeness (QED) is 0.649. The van der Waals surface area contributed by atoms with Crippen molar-refractivity contribution in [2.45, 2.75) is 32.6 Å². The van der Waals surface area contributed by atoms with E-state index in [0.29, 0.717) is 5.92 Å². The number of hydrogen-bond donors (Lipinski definition) is 0. The maximum absolute atomic E-state index is 4.35. The van der Waals surface area contributed by atoms with Crippen molar-refractivity contribution in [1.29, 1.82) is 0 Å². The Kier molecular flexibility index (Phi) is 2.17. The minimum Gasteiger partial charge on any atom is -0.261 e. The zero-order valence-corrected chi connectivity index (χ0v) is 8.25. The Balaban J connectivity index is 2.44. The monoisotopic (exact) mass is 173 g/mol. The molecule has 68 valence electrons. The highest BCUT2D eigenvalue weighted by molar-refractivity contribution is 5.77. The second-order valence-electron chi connectivity index (χ2n) is 3.67. The normalized spacial score (nSPS) is 15.8. The van der Waals surface area contributed by atoms with Gasteiger partial charge in [0.15, 0.2) is 0 Å². The van der Waals surface area contributed by atoms with Crippen molar-refractivity contribution < 1.29 is 0 Å². The summed E-state index contributed by atoms with van der Waals surface area (Å²) in [5.74, 6) is 0.664. The van der Waals surface area contributed by atoms with Crippen molar-refractivity contribution >= 4 is 11.9 Å². The molecule has 1 nitrogen and oxygen atoms in total. The molecule has 1 atom stereocenters. The van der Waals surface area contributed by atoms with Crippen molar-refractivity contribution in [3.63, 3.8) is 0 Å². The molecule has 1 heterocycles. The summed E-state index contributed by atoms with van der Waals surface area (Å²) in [5, 5.41) is 0. The van der Waals surface area contributed by atoms with Crippen molar-refractivity contribution in [2.24, 2.45) is 4.99 Å². The van der Waals surface area contributed by atoms with Gasteiger partial charge in [-0.2, -0.15) is 0 Å². The number of hydrogen-bond acceptors (Lipinski definition) is 1. The summed E-state index contributed by atoms with van der Waals surface area (Å²) >= 11 is 0. The first kappa shape index (κ1) is 8.49. The Bertz CT molecular complexity index is 339. The molecule has 1 aliphatic rings. The third kappa shape index (κ3) is 1.39. The van der Waals surface area contributed by atoms with Crippen LogP contribution in [0.25, 0.3) is 0 Å². The molecule has 0 saturated heterocycles. The molecular formula is C12H15N. The van der Waals surface area contributed by atoms with Gasteiger partial charge in [0.05, 0.1) is 5.69 Å². The fourth-order valence-corrected chi connectivity index (χ4v) is 1.85. The molecule has 0 fully saturated rings. The predicted octanol–water partition coefficient (Wildman–Crippen LogP) is 3.46. The molecule has 1 aromatic carbocycles. The highest BCUT2D eigenvalue weighted by atomic mass is 14.7. The van der Waals surface area contributed by atoms with E-state index in [2.05, 4.69) is 37.0 Å². The van der Waals surface area contributed by atoms with Crippen LogP contribution in [0.5, 0.6) is 0 Å². The summed E-state index contributed by atoms with van der Waals surface area (Å²) in [5.41, 5.74) is 4.10. The van der Waals surface area contributed by atoms with Gasteiger partial charge in [0.1, 0.15) is 0 Å². The fourth-order valence-electron chi connectivity index (χ4n) is 1.85. The van der Waals surface area contributed by atoms with E-state index in [9.17, 15) is 0 Å². The molecule has 0 N–H and O–H groups in total. The summed E-state index contributed by atoms with van der Waals surface area (Å²) in [6, 6.07) is 6.45. The van der Waals surface area contributed by atoms with Crippen molar-refractivity contribution in [2.75, 3.05) is 0 Å². The van der Waals surface area contributed by atoms with Gasteiger partial charge in [-0.3, -0.25) is 4.99 Å². The third-order valence-electron chi connectivity index (χ3n) is 2.86. The van der Waals surface area contributed by atoms with Crippen LogP contribution in [0, 0.1) is 0 Å². The molecule has 2 rings (SSSR count). The average molecular weight is 173 g/mol. The number of benzene rings is 1. The van der Waals surface area contributed by atoms with Crippen LogP contribution in [-0.4, -0.2) is 6.21 Å². The van der Waals surface area contributed by atoms with Crippen LogP contribution in [0.1, 0.15) is 37.3 Å². The first-order valence-electron chi connectivity index (χ1n) is 4.97. The van der Waals surface area contributed by atoms with Gasteiger partial charge in [-0.25, -0.2) is 0 Å². The summed E-state index contributed by atoms with van der Waals surface area (Å²) in [6.07, 6.45) is 4.24. The van der Waals surface area contributed by atoms with Gasteiger partial charge in [-0.1, -0.05) is 26.0 Å². The molecule has 0 radical (unpaired) electrons. The lowest BCUT2D eigenvalue weighted by atomic mass is 9.92. The van der Waals surface area contributed by atoms with Crippen LogP contribution >= 0.6 is 0 Å². The van der Waals surface area contributed by atoms with E-state index in [1.54, 1.807) is 0 Å². The summed E-state index contributed by atoms with van der Waals surface area (Å²) in [7, 11) is 0. The van der Waals surface area contributed by atoms with Crippen LogP contribution in [0.2, 0.25) is 0 Å². The van der Waals surface area contributed by atoms with E-state index in [1.165, 1.54) is 23.2 Å². The topological polar surface area (TPSA) is 12.4 Å². The minimum absolute atomic E-state index is 0.664. The Morgan fingerprint density at radius 2 is 2.31 bits per heavy atom. The molecule has 13 heavy (non-hydrogen) atoms. The lowest BCUT2D eigenvalue weighted by molar-refractivity contribution is 0.728. The molecule has 1 aliphatic heterocycles. The van der Waals surface area contributed by atoms with Crippen LogP contribution < -0.4 is 0 Å². The van der Waals surface area contributed by atoms with Crippen LogP contribution in [0.15, 0.2) is 23.2 Å². The van der Waals surface area contributed by atoms with Crippen molar-refractivity contribution in [3.05, 3.63) is 29.3 Å². The summed E-state index contributed by atoms with van der Waals surface area (Å²) < 4.78 is 0. The zero-order valence-electron chi connectivity index (χ0n) is 8.25.